The van der Waals surface area contributed by atoms with E-state index in [4.69, 9.17) is 4.74 Å². The van der Waals surface area contributed by atoms with Crippen LogP contribution in [0.2, 0.25) is 0 Å². The molecule has 13 heteroatoms. The van der Waals surface area contributed by atoms with Gasteiger partial charge in [-0.1, -0.05) is 31.6 Å². The van der Waals surface area contributed by atoms with E-state index < -0.39 is 26.7 Å². The van der Waals surface area contributed by atoms with Gasteiger partial charge in [-0.05, 0) is 55.8 Å². The van der Waals surface area contributed by atoms with Crippen LogP contribution in [0.3, 0.4) is 0 Å². The summed E-state index contributed by atoms with van der Waals surface area (Å²) < 4.78 is 74.0. The van der Waals surface area contributed by atoms with Gasteiger partial charge in [-0.3, -0.25) is 4.79 Å². The van der Waals surface area contributed by atoms with Gasteiger partial charge in [0.15, 0.2) is 5.52 Å². The molecule has 0 spiro atoms. The molecule has 7 nitrogen and oxygen atoms in total. The number of methoxy groups -OCH3 is 1. The maximum Gasteiger partial charge on any atom is 0.310 e. The van der Waals surface area contributed by atoms with Crippen molar-refractivity contribution < 1.29 is 24.2 Å². The van der Waals surface area contributed by atoms with Crippen LogP contribution in [0.4, 0.5) is 19.4 Å². The van der Waals surface area contributed by atoms with Crippen LogP contribution >= 0.6 is 10.2 Å². The van der Waals surface area contributed by atoms with Crippen LogP contribution in [-0.4, -0.2) is 31.2 Å². The molecule has 0 saturated heterocycles. The Bertz CT molecular complexity index is 1740. The Kier molecular flexibility index (Phi) is 5.33. The van der Waals surface area contributed by atoms with Crippen molar-refractivity contribution >= 4 is 21.3 Å². The second-order valence-electron chi connectivity index (χ2n) is 8.90. The maximum atomic E-state index is 13.2. The fourth-order valence-corrected chi connectivity index (χ4v) is 4.86. The Morgan fingerprint density at radius 1 is 1.03 bits per heavy atom. The molecule has 1 N–H and O–H groups in total. The van der Waals surface area contributed by atoms with Crippen molar-refractivity contribution in [3.8, 4) is 22.8 Å². The van der Waals surface area contributed by atoms with E-state index in [9.17, 15) is 24.2 Å². The zero-order valence-electron chi connectivity index (χ0n) is 20.3. The van der Waals surface area contributed by atoms with E-state index in [0.29, 0.717) is 34.8 Å². The van der Waals surface area contributed by atoms with Crippen molar-refractivity contribution in [1.82, 2.24) is 24.1 Å². The van der Waals surface area contributed by atoms with Gasteiger partial charge in [0.05, 0.1) is 36.4 Å². The molecule has 1 atom stereocenters. The van der Waals surface area contributed by atoms with Crippen LogP contribution in [0.15, 0.2) is 76.9 Å². The number of hydrogen-bond acceptors (Lipinski definition) is 4. The monoisotopic (exact) mass is 551 g/mol. The smallest absolute Gasteiger partial charge is 0.310 e. The molecule has 0 radical (unpaired) electrons. The fourth-order valence-electron chi connectivity index (χ4n) is 4.21. The number of halogens is 5. The molecule has 0 aliphatic heterocycles. The van der Waals surface area contributed by atoms with Gasteiger partial charge in [-0.25, -0.2) is 9.97 Å². The Hall–Kier alpha value is -4.13. The summed E-state index contributed by atoms with van der Waals surface area (Å²) in [6.45, 7) is 3.45. The summed E-state index contributed by atoms with van der Waals surface area (Å²) in [4.78, 5) is 23.0. The number of aryl methyl sites for hydroxylation is 1. The molecule has 0 fully saturated rings. The molecule has 200 valence electrons. The molecule has 3 heterocycles. The van der Waals surface area contributed by atoms with Crippen LogP contribution in [-0.2, 0) is 0 Å². The molecule has 1 unspecified atom stereocenters. The Balaban J connectivity index is 1.50. The summed E-state index contributed by atoms with van der Waals surface area (Å²) in [5.41, 5.74) is 2.60. The predicted octanol–water partition coefficient (Wildman–Crippen LogP) is 7.16. The third-order valence-corrected chi connectivity index (χ3v) is 7.40. The molecule has 5 aromatic rings. The number of pyridine rings is 1. The van der Waals surface area contributed by atoms with Crippen molar-refractivity contribution in [2.75, 3.05) is 7.11 Å². The number of nitrogens with one attached hydrogen (secondary N) is 1. The Labute approximate surface area is 213 Å². The number of imidazole rings is 2. The summed E-state index contributed by atoms with van der Waals surface area (Å²) in [5, 5.41) is 0. The van der Waals surface area contributed by atoms with E-state index >= 15 is 0 Å². The van der Waals surface area contributed by atoms with E-state index in [0.717, 1.165) is 23.5 Å². The first-order valence-corrected chi connectivity index (χ1v) is 13.2. The second kappa shape index (κ2) is 7.93. The first-order chi connectivity index (χ1) is 17.6. The molecular weight excluding hydrogens is 529 g/mol. The summed E-state index contributed by atoms with van der Waals surface area (Å²) in [6, 6.07) is 8.86. The minimum atomic E-state index is -9.78. The molecule has 2 aromatic carbocycles. The van der Waals surface area contributed by atoms with E-state index in [-0.39, 0.29) is 11.1 Å². The molecule has 5 rings (SSSR count). The standard InChI is InChI=1S/C25H22F5N5O2S/c1-15-13-34(14-31-15)21-9-6-18(12-22(21)37-3)24-32-20-10-11-35(25(36)23(20)33-24)16(2)17-4-7-19(8-5-17)38(26,27,28,29)30/h4-14,16H,1-3H3,(H,32,33). The second-order valence-corrected chi connectivity index (χ2v) is 11.3. The quantitative estimate of drug-likeness (QED) is 0.227. The van der Waals surface area contributed by atoms with Gasteiger partial charge in [0.1, 0.15) is 16.5 Å². The van der Waals surface area contributed by atoms with Gasteiger partial charge in [0.25, 0.3) is 5.56 Å². The third-order valence-electron chi connectivity index (χ3n) is 6.24. The zero-order valence-corrected chi connectivity index (χ0v) is 21.1. The van der Waals surface area contributed by atoms with Crippen LogP contribution in [0.1, 0.15) is 24.2 Å². The lowest BCUT2D eigenvalue weighted by molar-refractivity contribution is 0.364. The number of ether oxygens (including phenoxy) is 1. The topological polar surface area (TPSA) is 77.7 Å². The van der Waals surface area contributed by atoms with E-state index in [1.807, 2.05) is 29.8 Å². The number of aromatic nitrogens is 5. The first kappa shape index (κ1) is 25.5. The highest BCUT2D eigenvalue weighted by Crippen LogP contribution is 3.02. The first-order valence-electron chi connectivity index (χ1n) is 11.3. The number of benzene rings is 2. The molecule has 0 amide bonds. The number of aromatic amines is 1. The highest BCUT2D eigenvalue weighted by Gasteiger charge is 2.65. The average Bonchev–Trinajstić information content (AvgIpc) is 3.49. The van der Waals surface area contributed by atoms with Crippen LogP contribution in [0, 0.1) is 6.92 Å². The van der Waals surface area contributed by atoms with Gasteiger partial charge < -0.3 is 18.9 Å². The highest BCUT2D eigenvalue weighted by atomic mass is 32.5. The van der Waals surface area contributed by atoms with Gasteiger partial charge in [0.2, 0.25) is 0 Å². The lowest BCUT2D eigenvalue weighted by Crippen LogP contribution is -2.23. The predicted molar refractivity (Wildman–Crippen MR) is 136 cm³/mol. The van der Waals surface area contributed by atoms with Crippen LogP contribution < -0.4 is 10.3 Å². The minimum absolute atomic E-state index is 0.117. The van der Waals surface area contributed by atoms with Crippen molar-refractivity contribution in [3.05, 3.63) is 88.9 Å². The average molecular weight is 552 g/mol. The van der Waals surface area contributed by atoms with Gasteiger partial charge in [-0.2, -0.15) is 0 Å². The summed E-state index contributed by atoms with van der Waals surface area (Å²) in [6.07, 6.45) is 4.99. The number of hydrogen-bond donors (Lipinski definition) is 1. The molecule has 3 aromatic heterocycles. The van der Waals surface area contributed by atoms with Gasteiger partial charge in [-0.15, -0.1) is 0 Å². The van der Waals surface area contributed by atoms with E-state index in [1.54, 1.807) is 25.4 Å². The minimum Gasteiger partial charge on any atom is -0.495 e. The van der Waals surface area contributed by atoms with Crippen molar-refractivity contribution in [2.24, 2.45) is 0 Å². The summed E-state index contributed by atoms with van der Waals surface area (Å²) in [7, 11) is -8.25. The lowest BCUT2D eigenvalue weighted by atomic mass is 10.1. The molecule has 38 heavy (non-hydrogen) atoms. The Morgan fingerprint density at radius 2 is 1.74 bits per heavy atom. The molecule has 0 aliphatic rings. The lowest BCUT2D eigenvalue weighted by Gasteiger charge is -2.40. The number of H-pyrrole nitrogens is 1. The van der Waals surface area contributed by atoms with E-state index in [1.165, 1.54) is 17.9 Å². The largest absolute Gasteiger partial charge is 0.495 e. The van der Waals surface area contributed by atoms with Gasteiger partial charge in [0, 0.05) is 18.0 Å². The third kappa shape index (κ3) is 4.64. The highest BCUT2D eigenvalue weighted by molar-refractivity contribution is 8.45. The number of rotatable bonds is 6. The number of nitrogens with zero attached hydrogens (tertiary/aromatic N) is 4. The number of fused-ring (bicyclic) bond motifs is 1. The van der Waals surface area contributed by atoms with Crippen molar-refractivity contribution in [1.29, 1.82) is 0 Å². The fraction of sp³-hybridized carbons (Fsp3) is 0.160. The Morgan fingerprint density at radius 3 is 2.34 bits per heavy atom. The van der Waals surface area contributed by atoms with E-state index in [2.05, 4.69) is 15.0 Å². The maximum absolute atomic E-state index is 13.2. The zero-order chi connectivity index (χ0) is 27.5. The summed E-state index contributed by atoms with van der Waals surface area (Å²) >= 11 is 0. The molecular formula is C25H22F5N5O2S. The van der Waals surface area contributed by atoms with Crippen LogP contribution in [0.25, 0.3) is 28.1 Å². The molecule has 0 aliphatic carbocycles. The summed E-state index contributed by atoms with van der Waals surface area (Å²) in [5.74, 6) is 0.968. The SMILES string of the molecule is COc1cc(-c2nc3c(=O)n(C(C)c4ccc(S(F)(F)(F)(F)F)cc4)ccc3[nH]2)ccc1-n1cnc(C)c1. The van der Waals surface area contributed by atoms with Crippen molar-refractivity contribution in [3.63, 3.8) is 0 Å². The van der Waals surface area contributed by atoms with Gasteiger partial charge >= 0.3 is 10.2 Å². The molecule has 0 saturated carbocycles. The van der Waals surface area contributed by atoms with Crippen molar-refractivity contribution in [2.45, 2.75) is 24.8 Å². The normalized spacial score (nSPS) is 14.7. The van der Waals surface area contributed by atoms with Crippen LogP contribution in [0.5, 0.6) is 5.75 Å². The molecule has 0 bridgehead atoms.